The molecule has 2 fully saturated rings. The first-order valence-corrected chi connectivity index (χ1v) is 4.62. The van der Waals surface area contributed by atoms with Crippen molar-refractivity contribution in [1.82, 2.24) is 4.90 Å². The monoisotopic (exact) mass is 155 g/mol. The summed E-state index contributed by atoms with van der Waals surface area (Å²) >= 11 is 0. The summed E-state index contributed by atoms with van der Waals surface area (Å²) in [6.45, 7) is 3.15. The van der Waals surface area contributed by atoms with Gasteiger partial charge in [0.25, 0.3) is 0 Å². The summed E-state index contributed by atoms with van der Waals surface area (Å²) in [6, 6.07) is 1.58. The van der Waals surface area contributed by atoms with E-state index in [-0.39, 0.29) is 0 Å². The van der Waals surface area contributed by atoms with Crippen LogP contribution in [0.5, 0.6) is 0 Å². The lowest BCUT2D eigenvalue weighted by molar-refractivity contribution is 0.0812. The second kappa shape index (κ2) is 2.76. The van der Waals surface area contributed by atoms with E-state index >= 15 is 0 Å². The zero-order valence-corrected chi connectivity index (χ0v) is 7.42. The molecule has 0 spiro atoms. The topological polar surface area (TPSA) is 12.5 Å². The van der Waals surface area contributed by atoms with Gasteiger partial charge < -0.3 is 4.74 Å². The molecule has 1 saturated heterocycles. The summed E-state index contributed by atoms with van der Waals surface area (Å²) in [6.07, 6.45) is 4.49. The predicted octanol–water partition coefficient (Wildman–Crippen LogP) is 1.26. The Hall–Kier alpha value is -0.0800. The van der Waals surface area contributed by atoms with Crippen molar-refractivity contribution in [2.24, 2.45) is 0 Å². The summed E-state index contributed by atoms with van der Waals surface area (Å²) in [5.74, 6) is 0. The first-order valence-electron chi connectivity index (χ1n) is 4.62. The smallest absolute Gasteiger partial charge is 0.0703 e. The van der Waals surface area contributed by atoms with Crippen LogP contribution in [-0.4, -0.2) is 36.7 Å². The predicted molar refractivity (Wildman–Crippen MR) is 44.6 cm³/mol. The third-order valence-electron chi connectivity index (χ3n) is 2.98. The quantitative estimate of drug-likeness (QED) is 0.595. The molecule has 0 amide bonds. The van der Waals surface area contributed by atoms with Crippen molar-refractivity contribution in [2.75, 3.05) is 13.7 Å². The molecule has 0 aromatic carbocycles. The van der Waals surface area contributed by atoms with Gasteiger partial charge in [-0.3, -0.25) is 4.90 Å². The van der Waals surface area contributed by atoms with E-state index in [9.17, 15) is 0 Å². The van der Waals surface area contributed by atoms with E-state index in [0.29, 0.717) is 12.1 Å². The number of likely N-dealkylation sites (N-methyl/N-ethyl adjacent to an activating group) is 1. The van der Waals surface area contributed by atoms with Gasteiger partial charge in [0.1, 0.15) is 0 Å². The highest BCUT2D eigenvalue weighted by Crippen LogP contribution is 2.31. The molecule has 0 N–H and O–H groups in total. The minimum absolute atomic E-state index is 0.459. The van der Waals surface area contributed by atoms with Crippen molar-refractivity contribution in [3.63, 3.8) is 0 Å². The third-order valence-corrected chi connectivity index (χ3v) is 2.98. The molecule has 2 nitrogen and oxygen atoms in total. The molecule has 2 rings (SSSR count). The maximum atomic E-state index is 5.52. The number of nitrogens with zero attached hydrogens (tertiary/aromatic N) is 1. The molecule has 0 aromatic rings. The standard InChI is InChI=1S/C9H17NO/c1-7-9(5-6-11-7)10(2)8-3-4-8/h7-9H,3-6H2,1-2H3. The molecule has 0 aromatic heterocycles. The lowest BCUT2D eigenvalue weighted by atomic mass is 10.1. The fraction of sp³-hybridized carbons (Fsp3) is 1.00. The van der Waals surface area contributed by atoms with Crippen LogP contribution in [-0.2, 0) is 4.74 Å². The number of hydrogen-bond acceptors (Lipinski definition) is 2. The van der Waals surface area contributed by atoms with Crippen molar-refractivity contribution < 1.29 is 4.74 Å². The van der Waals surface area contributed by atoms with Crippen molar-refractivity contribution in [3.05, 3.63) is 0 Å². The molecule has 64 valence electrons. The number of hydrogen-bond donors (Lipinski definition) is 0. The molecule has 0 bridgehead atoms. The largest absolute Gasteiger partial charge is 0.377 e. The molecule has 2 unspecified atom stereocenters. The average Bonchev–Trinajstić information content (AvgIpc) is 2.74. The molecule has 1 aliphatic carbocycles. The van der Waals surface area contributed by atoms with Crippen molar-refractivity contribution >= 4 is 0 Å². The summed E-state index contributed by atoms with van der Waals surface area (Å²) in [5, 5.41) is 0. The van der Waals surface area contributed by atoms with Gasteiger partial charge in [-0.1, -0.05) is 0 Å². The van der Waals surface area contributed by atoms with Crippen LogP contribution in [0.4, 0.5) is 0 Å². The van der Waals surface area contributed by atoms with E-state index in [2.05, 4.69) is 18.9 Å². The second-order valence-corrected chi connectivity index (χ2v) is 3.83. The minimum Gasteiger partial charge on any atom is -0.377 e. The summed E-state index contributed by atoms with van der Waals surface area (Å²) in [7, 11) is 2.24. The van der Waals surface area contributed by atoms with Gasteiger partial charge in [-0.05, 0) is 33.2 Å². The molecule has 2 aliphatic rings. The van der Waals surface area contributed by atoms with Crippen LogP contribution in [0.25, 0.3) is 0 Å². The van der Waals surface area contributed by atoms with Crippen LogP contribution >= 0.6 is 0 Å². The maximum absolute atomic E-state index is 5.52. The molecular weight excluding hydrogens is 138 g/mol. The third kappa shape index (κ3) is 1.42. The van der Waals surface area contributed by atoms with Crippen LogP contribution in [0.3, 0.4) is 0 Å². The molecule has 2 heteroatoms. The summed E-state index contributed by atoms with van der Waals surface area (Å²) in [5.41, 5.74) is 0. The molecule has 2 atom stereocenters. The highest BCUT2D eigenvalue weighted by Gasteiger charge is 2.36. The van der Waals surface area contributed by atoms with Gasteiger partial charge in [0, 0.05) is 18.7 Å². The Morgan fingerprint density at radius 2 is 2.00 bits per heavy atom. The Morgan fingerprint density at radius 1 is 1.27 bits per heavy atom. The van der Waals surface area contributed by atoms with E-state index in [1.807, 2.05) is 0 Å². The Bertz CT molecular complexity index is 144. The molecule has 11 heavy (non-hydrogen) atoms. The SMILES string of the molecule is CC1OCCC1N(C)C1CC1. The summed E-state index contributed by atoms with van der Waals surface area (Å²) in [4.78, 5) is 2.51. The van der Waals surface area contributed by atoms with Gasteiger partial charge in [-0.2, -0.15) is 0 Å². The fourth-order valence-electron chi connectivity index (χ4n) is 2.01. The van der Waals surface area contributed by atoms with Gasteiger partial charge in [0.15, 0.2) is 0 Å². The first kappa shape index (κ1) is 7.56. The van der Waals surface area contributed by atoms with E-state index in [0.717, 1.165) is 12.6 Å². The summed E-state index contributed by atoms with van der Waals surface area (Å²) < 4.78 is 5.52. The van der Waals surface area contributed by atoms with E-state index in [4.69, 9.17) is 4.74 Å². The van der Waals surface area contributed by atoms with Gasteiger partial charge in [-0.15, -0.1) is 0 Å². The van der Waals surface area contributed by atoms with Gasteiger partial charge >= 0.3 is 0 Å². The molecule has 1 aliphatic heterocycles. The Kier molecular flexibility index (Phi) is 1.90. The highest BCUT2D eigenvalue weighted by atomic mass is 16.5. The van der Waals surface area contributed by atoms with Gasteiger partial charge in [-0.25, -0.2) is 0 Å². The highest BCUT2D eigenvalue weighted by molar-refractivity contribution is 4.90. The van der Waals surface area contributed by atoms with Crippen molar-refractivity contribution in [1.29, 1.82) is 0 Å². The second-order valence-electron chi connectivity index (χ2n) is 3.83. The lowest BCUT2D eigenvalue weighted by Gasteiger charge is -2.26. The Morgan fingerprint density at radius 3 is 2.45 bits per heavy atom. The van der Waals surface area contributed by atoms with Crippen LogP contribution in [0, 0.1) is 0 Å². The normalized spacial score (nSPS) is 38.5. The maximum Gasteiger partial charge on any atom is 0.0703 e. The Balaban J connectivity index is 1.91. The fourth-order valence-corrected chi connectivity index (χ4v) is 2.01. The Labute approximate surface area is 68.5 Å². The minimum atomic E-state index is 0.459. The molecule has 1 saturated carbocycles. The van der Waals surface area contributed by atoms with Crippen LogP contribution < -0.4 is 0 Å². The zero-order chi connectivity index (χ0) is 7.84. The van der Waals surface area contributed by atoms with Gasteiger partial charge in [0.05, 0.1) is 6.10 Å². The van der Waals surface area contributed by atoms with Crippen LogP contribution in [0.2, 0.25) is 0 Å². The molecule has 0 radical (unpaired) electrons. The van der Waals surface area contributed by atoms with Crippen LogP contribution in [0.1, 0.15) is 26.2 Å². The van der Waals surface area contributed by atoms with E-state index in [1.165, 1.54) is 19.3 Å². The number of ether oxygens (including phenoxy) is 1. The first-order chi connectivity index (χ1) is 5.29. The lowest BCUT2D eigenvalue weighted by Crippen LogP contribution is -2.38. The van der Waals surface area contributed by atoms with Crippen molar-refractivity contribution in [3.8, 4) is 0 Å². The van der Waals surface area contributed by atoms with Crippen LogP contribution in [0.15, 0.2) is 0 Å². The van der Waals surface area contributed by atoms with Crippen molar-refractivity contribution in [2.45, 2.75) is 44.4 Å². The van der Waals surface area contributed by atoms with E-state index < -0.39 is 0 Å². The van der Waals surface area contributed by atoms with Gasteiger partial charge in [0.2, 0.25) is 0 Å². The average molecular weight is 155 g/mol. The molecular formula is C9H17NO. The number of rotatable bonds is 2. The zero-order valence-electron chi connectivity index (χ0n) is 7.42. The van der Waals surface area contributed by atoms with E-state index in [1.54, 1.807) is 0 Å². The molecule has 1 heterocycles.